The Morgan fingerprint density at radius 2 is 1.73 bits per heavy atom. The highest BCUT2D eigenvalue weighted by atomic mass is 32.2. The number of fused-ring (bicyclic) bond motifs is 1. The third-order valence-corrected chi connectivity index (χ3v) is 4.08. The molecule has 0 atom stereocenters. The zero-order chi connectivity index (χ0) is 15.6. The molecule has 3 aromatic rings. The minimum Gasteiger partial charge on any atom is -0.260 e. The second kappa shape index (κ2) is 5.90. The predicted molar refractivity (Wildman–Crippen MR) is 87.0 cm³/mol. The monoisotopic (exact) mass is 315 g/mol. The third kappa shape index (κ3) is 3.35. The molecule has 114 valence electrons. The molecule has 0 fully saturated rings. The van der Waals surface area contributed by atoms with Crippen molar-refractivity contribution < 1.29 is 8.42 Å². The molecule has 6 heteroatoms. The van der Waals surface area contributed by atoms with Gasteiger partial charge in [0.1, 0.15) is 0 Å². The van der Waals surface area contributed by atoms with Crippen LogP contribution in [0.1, 0.15) is 11.3 Å². The second-order valence-corrected chi connectivity index (χ2v) is 7.03. The van der Waals surface area contributed by atoms with Crippen LogP contribution in [-0.4, -0.2) is 24.5 Å². The van der Waals surface area contributed by atoms with Crippen molar-refractivity contribution in [1.29, 1.82) is 0 Å². The van der Waals surface area contributed by atoms with Gasteiger partial charge >= 0.3 is 0 Å². The van der Waals surface area contributed by atoms with E-state index in [1.165, 1.54) is 0 Å². The molecule has 0 saturated heterocycles. The first-order chi connectivity index (χ1) is 10.5. The van der Waals surface area contributed by atoms with Gasteiger partial charge in [0, 0.05) is 5.39 Å². The van der Waals surface area contributed by atoms with E-state index in [9.17, 15) is 8.42 Å². The highest BCUT2D eigenvalue weighted by Gasteiger charge is 2.11. The first kappa shape index (κ1) is 14.7. The summed E-state index contributed by atoms with van der Waals surface area (Å²) in [6.45, 7) is 0.849. The van der Waals surface area contributed by atoms with Crippen LogP contribution in [-0.2, 0) is 23.1 Å². The molecule has 1 N–H and O–H groups in total. The molecule has 0 saturated carbocycles. The smallest absolute Gasteiger partial charge is 0.209 e. The minimum absolute atomic E-state index is 0.196. The van der Waals surface area contributed by atoms with Crippen LogP contribution in [0.25, 0.3) is 10.9 Å². The van der Waals surface area contributed by atoms with E-state index in [1.807, 2.05) is 59.3 Å². The Labute approximate surface area is 129 Å². The van der Waals surface area contributed by atoms with Crippen molar-refractivity contribution in [1.82, 2.24) is 14.5 Å². The number of nitrogens with zero attached hydrogens (tertiary/aromatic N) is 2. The average Bonchev–Trinajstić information content (AvgIpc) is 2.84. The van der Waals surface area contributed by atoms with Gasteiger partial charge in [0.05, 0.1) is 30.6 Å². The Hall–Kier alpha value is -2.18. The fourth-order valence-electron chi connectivity index (χ4n) is 2.40. The van der Waals surface area contributed by atoms with Crippen LogP contribution < -0.4 is 4.72 Å². The molecular formula is C16H17N3O2S. The van der Waals surface area contributed by atoms with E-state index in [0.717, 1.165) is 28.4 Å². The van der Waals surface area contributed by atoms with E-state index in [0.29, 0.717) is 6.54 Å². The van der Waals surface area contributed by atoms with Crippen LogP contribution in [0, 0.1) is 0 Å². The van der Waals surface area contributed by atoms with E-state index in [-0.39, 0.29) is 6.54 Å². The summed E-state index contributed by atoms with van der Waals surface area (Å²) in [6, 6.07) is 17.9. The molecular weight excluding hydrogens is 298 g/mol. The van der Waals surface area contributed by atoms with Gasteiger partial charge in [0.2, 0.25) is 10.0 Å². The highest BCUT2D eigenvalue weighted by Crippen LogP contribution is 2.19. The fraction of sp³-hybridized carbons (Fsp3) is 0.188. The maximum absolute atomic E-state index is 11.3. The Kier molecular flexibility index (Phi) is 3.96. The van der Waals surface area contributed by atoms with Gasteiger partial charge in [-0.3, -0.25) is 4.68 Å². The van der Waals surface area contributed by atoms with Crippen molar-refractivity contribution in [3.05, 3.63) is 65.9 Å². The number of hydrogen-bond acceptors (Lipinski definition) is 3. The van der Waals surface area contributed by atoms with E-state index >= 15 is 0 Å². The fourth-order valence-corrected chi connectivity index (χ4v) is 2.80. The Bertz CT molecular complexity index is 886. The number of sulfonamides is 1. The quantitative estimate of drug-likeness (QED) is 0.784. The zero-order valence-electron chi connectivity index (χ0n) is 12.2. The largest absolute Gasteiger partial charge is 0.260 e. The maximum Gasteiger partial charge on any atom is 0.209 e. The number of nitrogens with one attached hydrogen (secondary N) is 1. The Morgan fingerprint density at radius 1 is 1.05 bits per heavy atom. The van der Waals surface area contributed by atoms with Gasteiger partial charge in [-0.2, -0.15) is 5.10 Å². The Balaban J connectivity index is 1.97. The van der Waals surface area contributed by atoms with Gasteiger partial charge in [0.15, 0.2) is 0 Å². The molecule has 0 aliphatic heterocycles. The maximum atomic E-state index is 11.3. The molecule has 5 nitrogen and oxygen atoms in total. The number of para-hydroxylation sites is 1. The molecule has 0 amide bonds. The van der Waals surface area contributed by atoms with E-state index in [1.54, 1.807) is 0 Å². The minimum atomic E-state index is -3.24. The summed E-state index contributed by atoms with van der Waals surface area (Å²) in [5.41, 5.74) is 2.88. The summed E-state index contributed by atoms with van der Waals surface area (Å²) in [6.07, 6.45) is 1.15. The molecule has 0 spiro atoms. The van der Waals surface area contributed by atoms with Crippen LogP contribution in [0.2, 0.25) is 0 Å². The first-order valence-electron chi connectivity index (χ1n) is 6.96. The lowest BCUT2D eigenvalue weighted by Gasteiger charge is -2.03. The molecule has 2 aromatic carbocycles. The molecule has 0 aliphatic carbocycles. The van der Waals surface area contributed by atoms with Crippen molar-refractivity contribution in [3.8, 4) is 0 Å². The summed E-state index contributed by atoms with van der Waals surface area (Å²) < 4.78 is 27.0. The van der Waals surface area contributed by atoms with Crippen molar-refractivity contribution >= 4 is 20.9 Å². The summed E-state index contributed by atoms with van der Waals surface area (Å²) in [5, 5.41) is 5.54. The van der Waals surface area contributed by atoms with Gasteiger partial charge < -0.3 is 0 Å². The van der Waals surface area contributed by atoms with Crippen LogP contribution in [0.4, 0.5) is 0 Å². The van der Waals surface area contributed by atoms with E-state index in [2.05, 4.69) is 9.82 Å². The molecule has 3 rings (SSSR count). The average molecular weight is 315 g/mol. The number of rotatable bonds is 5. The van der Waals surface area contributed by atoms with Gasteiger partial charge in [-0.15, -0.1) is 0 Å². The van der Waals surface area contributed by atoms with E-state index < -0.39 is 10.0 Å². The van der Waals surface area contributed by atoms with Crippen LogP contribution in [0.15, 0.2) is 54.6 Å². The standard InChI is InChI=1S/C16H17N3O2S/c1-22(20,21)17-11-15-14-9-5-6-10-16(14)19(18-15)12-13-7-3-2-4-8-13/h2-10,17H,11-12H2,1H3. The highest BCUT2D eigenvalue weighted by molar-refractivity contribution is 7.88. The summed E-state index contributed by atoms with van der Waals surface area (Å²) >= 11 is 0. The first-order valence-corrected chi connectivity index (χ1v) is 8.85. The van der Waals surface area contributed by atoms with Crippen LogP contribution in [0.5, 0.6) is 0 Å². The molecule has 1 aromatic heterocycles. The molecule has 0 aliphatic rings. The lowest BCUT2D eigenvalue weighted by Crippen LogP contribution is -2.21. The number of hydrogen-bond donors (Lipinski definition) is 1. The topological polar surface area (TPSA) is 64.0 Å². The summed E-state index contributed by atoms with van der Waals surface area (Å²) in [4.78, 5) is 0. The molecule has 0 radical (unpaired) electrons. The van der Waals surface area contributed by atoms with Gasteiger partial charge in [-0.05, 0) is 11.6 Å². The summed E-state index contributed by atoms with van der Waals surface area (Å²) in [7, 11) is -3.24. The molecule has 1 heterocycles. The lowest BCUT2D eigenvalue weighted by molar-refractivity contribution is 0.585. The van der Waals surface area contributed by atoms with Crippen molar-refractivity contribution in [3.63, 3.8) is 0 Å². The zero-order valence-corrected chi connectivity index (χ0v) is 13.0. The summed E-state index contributed by atoms with van der Waals surface area (Å²) in [5.74, 6) is 0. The number of benzene rings is 2. The molecule has 0 unspecified atom stereocenters. The second-order valence-electron chi connectivity index (χ2n) is 5.20. The normalized spacial score (nSPS) is 11.9. The third-order valence-electron chi connectivity index (χ3n) is 3.41. The molecule has 22 heavy (non-hydrogen) atoms. The van der Waals surface area contributed by atoms with Crippen molar-refractivity contribution in [2.45, 2.75) is 13.1 Å². The predicted octanol–water partition coefficient (Wildman–Crippen LogP) is 2.13. The Morgan fingerprint density at radius 3 is 2.45 bits per heavy atom. The van der Waals surface area contributed by atoms with E-state index in [4.69, 9.17) is 0 Å². The van der Waals surface area contributed by atoms with Crippen LogP contribution >= 0.6 is 0 Å². The number of aromatic nitrogens is 2. The SMILES string of the molecule is CS(=O)(=O)NCc1nn(Cc2ccccc2)c2ccccc12. The van der Waals surface area contributed by atoms with Gasteiger partial charge in [-0.1, -0.05) is 48.5 Å². The lowest BCUT2D eigenvalue weighted by atomic mass is 10.2. The van der Waals surface area contributed by atoms with Crippen molar-refractivity contribution in [2.24, 2.45) is 0 Å². The van der Waals surface area contributed by atoms with Gasteiger partial charge in [0.25, 0.3) is 0 Å². The van der Waals surface area contributed by atoms with Gasteiger partial charge in [-0.25, -0.2) is 13.1 Å². The molecule has 0 bridgehead atoms. The van der Waals surface area contributed by atoms with Crippen molar-refractivity contribution in [2.75, 3.05) is 6.26 Å². The van der Waals surface area contributed by atoms with Crippen LogP contribution in [0.3, 0.4) is 0 Å².